The molecule has 0 aliphatic rings. The molecule has 0 aliphatic carbocycles. The molecule has 2 aromatic carbocycles. The summed E-state index contributed by atoms with van der Waals surface area (Å²) in [6, 6.07) is 9.90. The monoisotopic (exact) mass is 301 g/mol. The minimum atomic E-state index is -0.560. The van der Waals surface area contributed by atoms with Crippen molar-refractivity contribution in [1.82, 2.24) is 0 Å². The lowest BCUT2D eigenvalue weighted by molar-refractivity contribution is -0.385. The third kappa shape index (κ3) is 3.51. The van der Waals surface area contributed by atoms with E-state index in [-0.39, 0.29) is 22.7 Å². The van der Waals surface area contributed by atoms with Gasteiger partial charge >= 0.3 is 0 Å². The van der Waals surface area contributed by atoms with Gasteiger partial charge < -0.3 is 9.84 Å². The zero-order valence-electron chi connectivity index (χ0n) is 12.1. The number of hydrazone groups is 1. The van der Waals surface area contributed by atoms with Gasteiger partial charge in [0.05, 0.1) is 35.6 Å². The first-order chi connectivity index (χ1) is 10.5. The lowest BCUT2D eigenvalue weighted by atomic mass is 10.1. The van der Waals surface area contributed by atoms with Crippen LogP contribution < -0.4 is 10.2 Å². The number of nitrogens with one attached hydrogen (secondary N) is 1. The largest absolute Gasteiger partial charge is 0.504 e. The van der Waals surface area contributed by atoms with Gasteiger partial charge in [-0.1, -0.05) is 17.7 Å². The highest BCUT2D eigenvalue weighted by atomic mass is 16.6. The van der Waals surface area contributed by atoms with Crippen molar-refractivity contribution in [1.29, 1.82) is 0 Å². The molecule has 0 radical (unpaired) electrons. The normalized spacial score (nSPS) is 10.6. The van der Waals surface area contributed by atoms with Crippen molar-refractivity contribution < 1.29 is 14.8 Å². The summed E-state index contributed by atoms with van der Waals surface area (Å²) in [5.41, 5.74) is 4.60. The van der Waals surface area contributed by atoms with Gasteiger partial charge in [0.25, 0.3) is 5.69 Å². The number of aromatic hydroxyl groups is 1. The average Bonchev–Trinajstić information content (AvgIpc) is 2.49. The number of phenols is 1. The number of hydrogen-bond acceptors (Lipinski definition) is 6. The first kappa shape index (κ1) is 15.3. The van der Waals surface area contributed by atoms with Gasteiger partial charge in [0.15, 0.2) is 11.5 Å². The summed E-state index contributed by atoms with van der Waals surface area (Å²) in [5, 5.41) is 24.7. The van der Waals surface area contributed by atoms with Crippen molar-refractivity contribution in [3.8, 4) is 11.5 Å². The molecule has 7 heteroatoms. The Hall–Kier alpha value is -3.09. The fraction of sp³-hybridized carbons (Fsp3) is 0.133. The molecule has 0 heterocycles. The highest BCUT2D eigenvalue weighted by molar-refractivity contribution is 5.87. The molecule has 114 valence electrons. The van der Waals surface area contributed by atoms with Crippen LogP contribution in [0.5, 0.6) is 11.5 Å². The summed E-state index contributed by atoms with van der Waals surface area (Å²) in [6.45, 7) is 1.97. The minimum absolute atomic E-state index is 0.0374. The van der Waals surface area contributed by atoms with Crippen molar-refractivity contribution in [2.24, 2.45) is 5.10 Å². The Bertz CT molecular complexity index is 711. The highest BCUT2D eigenvalue weighted by Crippen LogP contribution is 2.32. The molecule has 2 N–H and O–H groups in total. The van der Waals surface area contributed by atoms with Crippen LogP contribution in [0.2, 0.25) is 0 Å². The molecule has 0 spiro atoms. The molecule has 0 unspecified atom stereocenters. The number of anilines is 1. The Kier molecular flexibility index (Phi) is 4.57. The molecule has 0 bridgehead atoms. The Labute approximate surface area is 127 Å². The summed E-state index contributed by atoms with van der Waals surface area (Å²) < 4.78 is 4.86. The van der Waals surface area contributed by atoms with Crippen LogP contribution in [-0.4, -0.2) is 23.4 Å². The third-order valence-corrected chi connectivity index (χ3v) is 2.97. The molecule has 0 aliphatic heterocycles. The maximum absolute atomic E-state index is 11.1. The molecule has 0 amide bonds. The number of phenolic OH excluding ortho intramolecular Hbond substituents is 1. The van der Waals surface area contributed by atoms with Gasteiger partial charge in [-0.15, -0.1) is 0 Å². The molecule has 0 atom stereocenters. The van der Waals surface area contributed by atoms with Crippen LogP contribution in [-0.2, 0) is 0 Å². The van der Waals surface area contributed by atoms with Crippen LogP contribution in [0.3, 0.4) is 0 Å². The second-order valence-electron chi connectivity index (χ2n) is 4.58. The zero-order chi connectivity index (χ0) is 16.1. The Morgan fingerprint density at radius 3 is 2.59 bits per heavy atom. The van der Waals surface area contributed by atoms with Gasteiger partial charge in [-0.25, -0.2) is 0 Å². The number of aryl methyl sites for hydroxylation is 1. The molecule has 0 saturated heterocycles. The van der Waals surface area contributed by atoms with E-state index in [1.54, 1.807) is 0 Å². The number of hydrogen-bond donors (Lipinski definition) is 2. The standard InChI is InChI=1S/C15H15N3O4/c1-10-3-5-12(6-4-10)17-16-9-11-7-14(19)15(22-2)8-13(11)18(20)21/h3-9,17,19H,1-2H3. The van der Waals surface area contributed by atoms with Crippen LogP contribution >= 0.6 is 0 Å². The summed E-state index contributed by atoms with van der Waals surface area (Å²) in [7, 11) is 1.32. The van der Waals surface area contributed by atoms with E-state index in [4.69, 9.17) is 4.74 Å². The third-order valence-electron chi connectivity index (χ3n) is 2.97. The van der Waals surface area contributed by atoms with E-state index in [0.717, 1.165) is 17.3 Å². The van der Waals surface area contributed by atoms with Crippen molar-refractivity contribution >= 4 is 17.6 Å². The number of nitro benzene ring substituents is 1. The predicted octanol–water partition coefficient (Wildman–Crippen LogP) is 3.06. The fourth-order valence-electron chi connectivity index (χ4n) is 1.80. The maximum atomic E-state index is 11.1. The number of rotatable bonds is 5. The molecular formula is C15H15N3O4. The molecular weight excluding hydrogens is 286 g/mol. The lowest BCUT2D eigenvalue weighted by Gasteiger charge is -2.05. The molecule has 22 heavy (non-hydrogen) atoms. The average molecular weight is 301 g/mol. The van der Waals surface area contributed by atoms with E-state index in [1.807, 2.05) is 31.2 Å². The van der Waals surface area contributed by atoms with Crippen molar-refractivity contribution in [2.45, 2.75) is 6.92 Å². The first-order valence-electron chi connectivity index (χ1n) is 6.42. The molecule has 0 aromatic heterocycles. The Morgan fingerprint density at radius 1 is 1.32 bits per heavy atom. The van der Waals surface area contributed by atoms with E-state index in [0.29, 0.717) is 0 Å². The van der Waals surface area contributed by atoms with Gasteiger partial charge in [-0.05, 0) is 25.1 Å². The minimum Gasteiger partial charge on any atom is -0.504 e. The number of benzene rings is 2. The number of nitro groups is 1. The summed E-state index contributed by atoms with van der Waals surface area (Å²) >= 11 is 0. The predicted molar refractivity (Wildman–Crippen MR) is 83.7 cm³/mol. The molecule has 0 fully saturated rings. The number of nitrogens with zero attached hydrogens (tertiary/aromatic N) is 2. The Morgan fingerprint density at radius 2 is 2.00 bits per heavy atom. The van der Waals surface area contributed by atoms with Gasteiger partial charge in [0, 0.05) is 0 Å². The van der Waals surface area contributed by atoms with E-state index < -0.39 is 4.92 Å². The maximum Gasteiger partial charge on any atom is 0.282 e. The molecule has 2 aromatic rings. The Balaban J connectivity index is 2.24. The second-order valence-corrected chi connectivity index (χ2v) is 4.58. The zero-order valence-corrected chi connectivity index (χ0v) is 12.1. The van der Waals surface area contributed by atoms with Crippen LogP contribution in [0.25, 0.3) is 0 Å². The highest BCUT2D eigenvalue weighted by Gasteiger charge is 2.17. The van der Waals surface area contributed by atoms with Crippen LogP contribution in [0.1, 0.15) is 11.1 Å². The first-order valence-corrected chi connectivity index (χ1v) is 6.42. The topological polar surface area (TPSA) is 97.0 Å². The van der Waals surface area contributed by atoms with Gasteiger partial charge in [0.2, 0.25) is 0 Å². The molecule has 0 saturated carbocycles. The van der Waals surface area contributed by atoms with Crippen molar-refractivity contribution in [2.75, 3.05) is 12.5 Å². The second kappa shape index (κ2) is 6.57. The summed E-state index contributed by atoms with van der Waals surface area (Å²) in [4.78, 5) is 10.5. The fourth-order valence-corrected chi connectivity index (χ4v) is 1.80. The van der Waals surface area contributed by atoms with Crippen LogP contribution in [0.15, 0.2) is 41.5 Å². The van der Waals surface area contributed by atoms with E-state index in [2.05, 4.69) is 10.5 Å². The van der Waals surface area contributed by atoms with Crippen LogP contribution in [0.4, 0.5) is 11.4 Å². The molecule has 2 rings (SSSR count). The van der Waals surface area contributed by atoms with Gasteiger partial charge in [-0.2, -0.15) is 5.10 Å². The van der Waals surface area contributed by atoms with E-state index in [1.165, 1.54) is 19.4 Å². The van der Waals surface area contributed by atoms with Gasteiger partial charge in [0.1, 0.15) is 0 Å². The van der Waals surface area contributed by atoms with Crippen LogP contribution in [0, 0.1) is 17.0 Å². The number of methoxy groups -OCH3 is 1. The van der Waals surface area contributed by atoms with E-state index >= 15 is 0 Å². The summed E-state index contributed by atoms with van der Waals surface area (Å²) in [5.74, 6) is -0.153. The SMILES string of the molecule is COc1cc([N+](=O)[O-])c(C=NNc2ccc(C)cc2)cc1O. The molecule has 7 nitrogen and oxygen atoms in total. The number of ether oxygens (including phenoxy) is 1. The van der Waals surface area contributed by atoms with E-state index in [9.17, 15) is 15.2 Å². The van der Waals surface area contributed by atoms with Crippen molar-refractivity contribution in [3.05, 3.63) is 57.6 Å². The lowest BCUT2D eigenvalue weighted by Crippen LogP contribution is -1.98. The quantitative estimate of drug-likeness (QED) is 0.502. The van der Waals surface area contributed by atoms with Gasteiger partial charge in [-0.3, -0.25) is 15.5 Å². The summed E-state index contributed by atoms with van der Waals surface area (Å²) in [6.07, 6.45) is 1.27. The van der Waals surface area contributed by atoms with Crippen molar-refractivity contribution in [3.63, 3.8) is 0 Å². The smallest absolute Gasteiger partial charge is 0.282 e.